The van der Waals surface area contributed by atoms with Crippen LogP contribution in [0.4, 0.5) is 0 Å². The number of carbonyl (C=O) groups excluding carboxylic acids is 1. The van der Waals surface area contributed by atoms with Crippen LogP contribution in [-0.2, 0) is 10.0 Å². The summed E-state index contributed by atoms with van der Waals surface area (Å²) >= 11 is 6.60. The maximum absolute atomic E-state index is 12.0. The van der Waals surface area contributed by atoms with Crippen LogP contribution >= 0.6 is 22.9 Å². The molecule has 6 nitrogen and oxygen atoms in total. The molecule has 0 fully saturated rings. The molecule has 3 aromatic rings. The summed E-state index contributed by atoms with van der Waals surface area (Å²) in [4.78, 5) is 18.3. The third-order valence-corrected chi connectivity index (χ3v) is 5.91. The molecule has 1 aromatic carbocycles. The van der Waals surface area contributed by atoms with Crippen molar-refractivity contribution in [1.82, 2.24) is 15.2 Å². The summed E-state index contributed by atoms with van der Waals surface area (Å²) in [6, 6.07) is 13.4. The summed E-state index contributed by atoms with van der Waals surface area (Å²) in [6.45, 7) is 0. The van der Waals surface area contributed by atoms with Crippen molar-refractivity contribution in [2.75, 3.05) is 0 Å². The highest BCUT2D eigenvalue weighted by Gasteiger charge is 2.18. The molecule has 0 saturated heterocycles. The molecule has 2 heterocycles. The molecule has 0 aliphatic carbocycles. The third kappa shape index (κ3) is 3.50. The van der Waals surface area contributed by atoms with Crippen LogP contribution in [0.25, 0.3) is 10.9 Å². The minimum atomic E-state index is -3.86. The van der Waals surface area contributed by atoms with E-state index in [4.69, 9.17) is 11.6 Å². The molecular formula is C14H10ClN3O3S2. The van der Waals surface area contributed by atoms with Crippen molar-refractivity contribution in [2.45, 2.75) is 4.21 Å². The van der Waals surface area contributed by atoms with E-state index in [1.807, 2.05) is 17.0 Å². The molecule has 0 spiro atoms. The second-order valence-electron chi connectivity index (χ2n) is 4.51. The summed E-state index contributed by atoms with van der Waals surface area (Å²) in [5.41, 5.74) is 2.89. The molecule has 118 valence electrons. The highest BCUT2D eigenvalue weighted by Crippen LogP contribution is 2.24. The van der Waals surface area contributed by atoms with Gasteiger partial charge in [-0.05, 0) is 24.3 Å². The van der Waals surface area contributed by atoms with Gasteiger partial charge in [0.25, 0.3) is 15.9 Å². The number of benzene rings is 1. The standard InChI is InChI=1S/C14H10ClN3O3S2/c15-12-7-8-13(22-12)23(20,21)18-17-14(19)11-6-5-9-3-1-2-4-10(9)16-11/h1-8,18H,(H,17,19). The quantitative estimate of drug-likeness (QED) is 0.694. The van der Waals surface area contributed by atoms with E-state index < -0.39 is 15.9 Å². The molecule has 0 bridgehead atoms. The van der Waals surface area contributed by atoms with Crippen molar-refractivity contribution in [2.24, 2.45) is 0 Å². The largest absolute Gasteiger partial charge is 0.284 e. The second kappa shape index (κ2) is 6.25. The highest BCUT2D eigenvalue weighted by atomic mass is 35.5. The maximum atomic E-state index is 12.0. The zero-order valence-corrected chi connectivity index (χ0v) is 13.9. The first-order valence-electron chi connectivity index (χ1n) is 6.39. The van der Waals surface area contributed by atoms with Gasteiger partial charge in [0.1, 0.15) is 9.90 Å². The molecule has 3 rings (SSSR count). The first-order chi connectivity index (χ1) is 11.0. The topological polar surface area (TPSA) is 88.2 Å². The number of para-hydroxylation sites is 1. The Hall–Kier alpha value is -2.00. The highest BCUT2D eigenvalue weighted by molar-refractivity contribution is 7.91. The number of hydrogen-bond donors (Lipinski definition) is 2. The Bertz CT molecular complexity index is 986. The summed E-state index contributed by atoms with van der Waals surface area (Å²) in [5.74, 6) is -0.651. The Morgan fingerprint density at radius 1 is 1.09 bits per heavy atom. The Balaban J connectivity index is 1.75. The van der Waals surface area contributed by atoms with E-state index in [0.29, 0.717) is 9.85 Å². The number of carbonyl (C=O) groups is 1. The maximum Gasteiger partial charge on any atom is 0.284 e. The molecule has 0 aliphatic heterocycles. The van der Waals surface area contributed by atoms with Crippen LogP contribution in [-0.4, -0.2) is 19.3 Å². The van der Waals surface area contributed by atoms with E-state index >= 15 is 0 Å². The molecule has 2 N–H and O–H groups in total. The summed E-state index contributed by atoms with van der Waals surface area (Å²) in [7, 11) is -3.86. The van der Waals surface area contributed by atoms with Gasteiger partial charge in [0.15, 0.2) is 0 Å². The number of nitrogens with one attached hydrogen (secondary N) is 2. The second-order valence-corrected chi connectivity index (χ2v) is 8.13. The Kier molecular flexibility index (Phi) is 4.31. The smallest absolute Gasteiger partial charge is 0.272 e. The molecule has 0 atom stereocenters. The number of pyridine rings is 1. The number of hydrazine groups is 1. The molecule has 2 aromatic heterocycles. The van der Waals surface area contributed by atoms with Crippen molar-refractivity contribution >= 4 is 49.8 Å². The average molecular weight is 368 g/mol. The fourth-order valence-electron chi connectivity index (χ4n) is 1.86. The van der Waals surface area contributed by atoms with E-state index in [0.717, 1.165) is 16.7 Å². The molecule has 23 heavy (non-hydrogen) atoms. The summed E-state index contributed by atoms with van der Waals surface area (Å²) in [5, 5.41) is 0.887. The molecule has 0 radical (unpaired) electrons. The van der Waals surface area contributed by atoms with Gasteiger partial charge in [-0.25, -0.2) is 13.4 Å². The number of nitrogens with zero attached hydrogens (tertiary/aromatic N) is 1. The van der Waals surface area contributed by atoms with Crippen LogP contribution in [0.5, 0.6) is 0 Å². The Labute approximate surface area is 141 Å². The number of hydrogen-bond acceptors (Lipinski definition) is 5. The van der Waals surface area contributed by atoms with Crippen molar-refractivity contribution < 1.29 is 13.2 Å². The van der Waals surface area contributed by atoms with Crippen LogP contribution in [0.1, 0.15) is 10.5 Å². The molecule has 0 saturated carbocycles. The minimum absolute atomic E-state index is 0.00858. The summed E-state index contributed by atoms with van der Waals surface area (Å²) < 4.78 is 24.3. The van der Waals surface area contributed by atoms with E-state index in [1.54, 1.807) is 18.2 Å². The predicted octanol–water partition coefficient (Wildman–Crippen LogP) is 2.57. The number of amides is 1. The molecule has 0 unspecified atom stereocenters. The third-order valence-electron chi connectivity index (χ3n) is 2.94. The summed E-state index contributed by atoms with van der Waals surface area (Å²) in [6.07, 6.45) is 0. The van der Waals surface area contributed by atoms with Crippen LogP contribution in [0.2, 0.25) is 4.34 Å². The van der Waals surface area contributed by atoms with Gasteiger partial charge in [0.05, 0.1) is 9.85 Å². The number of fused-ring (bicyclic) bond motifs is 1. The Morgan fingerprint density at radius 2 is 1.87 bits per heavy atom. The van der Waals surface area contributed by atoms with Gasteiger partial charge in [-0.2, -0.15) is 0 Å². The van der Waals surface area contributed by atoms with Crippen molar-refractivity contribution in [3.63, 3.8) is 0 Å². The molecule has 0 aliphatic rings. The van der Waals surface area contributed by atoms with Gasteiger partial charge in [-0.15, -0.1) is 16.2 Å². The minimum Gasteiger partial charge on any atom is -0.272 e. The van der Waals surface area contributed by atoms with Crippen LogP contribution < -0.4 is 10.3 Å². The van der Waals surface area contributed by atoms with E-state index in [1.165, 1.54) is 18.2 Å². The van der Waals surface area contributed by atoms with Crippen LogP contribution in [0, 0.1) is 0 Å². The lowest BCUT2D eigenvalue weighted by Gasteiger charge is -2.07. The van der Waals surface area contributed by atoms with Gasteiger partial charge < -0.3 is 0 Å². The van der Waals surface area contributed by atoms with E-state index in [2.05, 4.69) is 10.4 Å². The van der Waals surface area contributed by atoms with Crippen molar-refractivity contribution in [1.29, 1.82) is 0 Å². The van der Waals surface area contributed by atoms with Gasteiger partial charge in [0.2, 0.25) is 0 Å². The molecule has 1 amide bonds. The number of sulfonamides is 1. The number of halogens is 1. The Morgan fingerprint density at radius 3 is 2.61 bits per heavy atom. The molecular weight excluding hydrogens is 358 g/mol. The van der Waals surface area contributed by atoms with Gasteiger partial charge >= 0.3 is 0 Å². The lowest BCUT2D eigenvalue weighted by Crippen LogP contribution is -2.41. The SMILES string of the molecule is O=C(NNS(=O)(=O)c1ccc(Cl)s1)c1ccc2ccccc2n1. The number of rotatable bonds is 4. The first-order valence-corrected chi connectivity index (χ1v) is 9.07. The fraction of sp³-hybridized carbons (Fsp3) is 0. The normalized spacial score (nSPS) is 11.5. The van der Waals surface area contributed by atoms with Crippen LogP contribution in [0.15, 0.2) is 52.7 Å². The van der Waals surface area contributed by atoms with E-state index in [9.17, 15) is 13.2 Å². The first kappa shape index (κ1) is 15.9. The zero-order valence-electron chi connectivity index (χ0n) is 11.5. The average Bonchev–Trinajstić information content (AvgIpc) is 2.99. The monoisotopic (exact) mass is 367 g/mol. The predicted molar refractivity (Wildman–Crippen MR) is 88.9 cm³/mol. The van der Waals surface area contributed by atoms with Crippen LogP contribution in [0.3, 0.4) is 0 Å². The number of thiophene rings is 1. The van der Waals surface area contributed by atoms with Gasteiger partial charge in [-0.1, -0.05) is 35.9 Å². The fourth-order valence-corrected chi connectivity index (χ4v) is 4.18. The van der Waals surface area contributed by atoms with Crippen molar-refractivity contribution in [3.8, 4) is 0 Å². The van der Waals surface area contributed by atoms with E-state index in [-0.39, 0.29) is 9.90 Å². The van der Waals surface area contributed by atoms with Gasteiger partial charge in [0, 0.05) is 5.39 Å². The van der Waals surface area contributed by atoms with Crippen molar-refractivity contribution in [3.05, 3.63) is 58.6 Å². The number of aromatic nitrogens is 1. The zero-order chi connectivity index (χ0) is 16.4. The lowest BCUT2D eigenvalue weighted by molar-refractivity contribution is 0.0940. The lowest BCUT2D eigenvalue weighted by atomic mass is 10.2. The van der Waals surface area contributed by atoms with Gasteiger partial charge in [-0.3, -0.25) is 10.2 Å². The molecule has 9 heteroatoms.